The Hall–Kier alpha value is -2.08. The van der Waals surface area contributed by atoms with Crippen LogP contribution in [0.15, 0.2) is 24.3 Å². The smallest absolute Gasteiger partial charge is 0.316 e. The van der Waals surface area contributed by atoms with Crippen LogP contribution in [0.5, 0.6) is 0 Å². The van der Waals surface area contributed by atoms with Crippen molar-refractivity contribution in [1.82, 2.24) is 0 Å². The Labute approximate surface area is 105 Å². The highest BCUT2D eigenvalue weighted by Gasteiger charge is 2.02. The van der Waals surface area contributed by atoms with E-state index < -0.39 is 6.03 Å². The van der Waals surface area contributed by atoms with Crippen LogP contribution >= 0.6 is 0 Å². The Bertz CT molecular complexity index is 404. The first-order valence-electron chi connectivity index (χ1n) is 5.66. The van der Waals surface area contributed by atoms with Gasteiger partial charge in [-0.1, -0.05) is 6.92 Å². The van der Waals surface area contributed by atoms with Crippen molar-refractivity contribution in [2.45, 2.75) is 13.3 Å². The summed E-state index contributed by atoms with van der Waals surface area (Å²) >= 11 is 0. The number of urea groups is 1. The summed E-state index contributed by atoms with van der Waals surface area (Å²) in [5.41, 5.74) is 6.18. The quantitative estimate of drug-likeness (QED) is 0.669. The molecule has 6 nitrogen and oxygen atoms in total. The second-order valence-electron chi connectivity index (χ2n) is 3.67. The summed E-state index contributed by atoms with van der Waals surface area (Å²) in [7, 11) is 0. The minimum absolute atomic E-state index is 0.0368. The Morgan fingerprint density at radius 1 is 1.17 bits per heavy atom. The second-order valence-corrected chi connectivity index (χ2v) is 3.67. The van der Waals surface area contributed by atoms with E-state index in [4.69, 9.17) is 10.5 Å². The van der Waals surface area contributed by atoms with Gasteiger partial charge in [-0.2, -0.15) is 0 Å². The van der Waals surface area contributed by atoms with E-state index in [0.717, 1.165) is 6.42 Å². The lowest BCUT2D eigenvalue weighted by atomic mass is 10.3. The van der Waals surface area contributed by atoms with E-state index in [1.54, 1.807) is 24.3 Å². The molecule has 0 fully saturated rings. The van der Waals surface area contributed by atoms with Crippen molar-refractivity contribution < 1.29 is 14.3 Å². The predicted octanol–water partition coefficient (Wildman–Crippen LogP) is 1.54. The molecule has 98 valence electrons. The molecule has 0 aliphatic rings. The van der Waals surface area contributed by atoms with Gasteiger partial charge in [-0.25, -0.2) is 4.79 Å². The van der Waals surface area contributed by atoms with Gasteiger partial charge in [-0.3, -0.25) is 4.79 Å². The molecule has 0 spiro atoms. The van der Waals surface area contributed by atoms with E-state index in [1.807, 2.05) is 6.92 Å². The van der Waals surface area contributed by atoms with E-state index >= 15 is 0 Å². The molecule has 0 atom stereocenters. The third kappa shape index (κ3) is 5.31. The summed E-state index contributed by atoms with van der Waals surface area (Å²) in [4.78, 5) is 22.0. The van der Waals surface area contributed by atoms with E-state index in [-0.39, 0.29) is 12.5 Å². The second kappa shape index (κ2) is 7.29. The monoisotopic (exact) mass is 251 g/mol. The van der Waals surface area contributed by atoms with Gasteiger partial charge >= 0.3 is 6.03 Å². The van der Waals surface area contributed by atoms with E-state index in [9.17, 15) is 9.59 Å². The predicted molar refractivity (Wildman–Crippen MR) is 69.4 cm³/mol. The van der Waals surface area contributed by atoms with Gasteiger partial charge in [0.05, 0.1) is 0 Å². The number of rotatable bonds is 6. The number of carbonyl (C=O) groups is 2. The van der Waals surface area contributed by atoms with Gasteiger partial charge in [0.2, 0.25) is 5.91 Å². The molecule has 6 heteroatoms. The highest BCUT2D eigenvalue weighted by Crippen LogP contribution is 2.13. The third-order valence-electron chi connectivity index (χ3n) is 2.02. The molecule has 0 unspecified atom stereocenters. The number of benzene rings is 1. The molecular weight excluding hydrogens is 234 g/mol. The van der Waals surface area contributed by atoms with Crippen LogP contribution in [-0.2, 0) is 9.53 Å². The largest absolute Gasteiger partial charge is 0.372 e. The molecule has 0 aliphatic heterocycles. The van der Waals surface area contributed by atoms with Crippen molar-refractivity contribution in [3.05, 3.63) is 24.3 Å². The van der Waals surface area contributed by atoms with Crippen LogP contribution in [0.1, 0.15) is 13.3 Å². The van der Waals surface area contributed by atoms with Gasteiger partial charge in [0.1, 0.15) is 6.61 Å². The van der Waals surface area contributed by atoms with Crippen LogP contribution in [0.25, 0.3) is 0 Å². The summed E-state index contributed by atoms with van der Waals surface area (Å²) in [6, 6.07) is 6.01. The molecule has 3 amide bonds. The first kappa shape index (κ1) is 14.0. The average Bonchev–Trinajstić information content (AvgIpc) is 2.31. The van der Waals surface area contributed by atoms with Gasteiger partial charge in [-0.15, -0.1) is 0 Å². The molecule has 0 saturated heterocycles. The zero-order valence-corrected chi connectivity index (χ0v) is 10.2. The normalized spacial score (nSPS) is 9.83. The van der Waals surface area contributed by atoms with E-state index in [2.05, 4.69) is 10.6 Å². The molecule has 1 aromatic carbocycles. The van der Waals surface area contributed by atoms with E-state index in [0.29, 0.717) is 18.0 Å². The molecule has 18 heavy (non-hydrogen) atoms. The molecule has 0 aromatic heterocycles. The first-order chi connectivity index (χ1) is 8.61. The maximum atomic E-state index is 11.4. The van der Waals surface area contributed by atoms with Gasteiger partial charge < -0.3 is 21.1 Å². The highest BCUT2D eigenvalue weighted by molar-refractivity contribution is 5.92. The Balaban J connectivity index is 2.43. The minimum Gasteiger partial charge on any atom is -0.372 e. The molecule has 0 saturated carbocycles. The molecule has 0 radical (unpaired) electrons. The lowest BCUT2D eigenvalue weighted by molar-refractivity contribution is -0.120. The van der Waals surface area contributed by atoms with Crippen LogP contribution in [-0.4, -0.2) is 25.2 Å². The summed E-state index contributed by atoms with van der Waals surface area (Å²) in [5, 5.41) is 5.10. The number of hydrogen-bond acceptors (Lipinski definition) is 3. The molecule has 4 N–H and O–H groups in total. The summed E-state index contributed by atoms with van der Waals surface area (Å²) in [6.45, 7) is 2.58. The Kier molecular flexibility index (Phi) is 5.66. The summed E-state index contributed by atoms with van der Waals surface area (Å²) in [6.07, 6.45) is 0.876. The Morgan fingerprint density at radius 2 is 1.72 bits per heavy atom. The van der Waals surface area contributed by atoms with Gasteiger partial charge in [0.15, 0.2) is 0 Å². The van der Waals surface area contributed by atoms with E-state index in [1.165, 1.54) is 0 Å². The fourth-order valence-electron chi connectivity index (χ4n) is 1.29. The topological polar surface area (TPSA) is 93.4 Å². The molecule has 0 aliphatic carbocycles. The van der Waals surface area contributed by atoms with Crippen molar-refractivity contribution in [2.24, 2.45) is 5.73 Å². The van der Waals surface area contributed by atoms with Crippen molar-refractivity contribution in [2.75, 3.05) is 23.8 Å². The van der Waals surface area contributed by atoms with Crippen LogP contribution in [0, 0.1) is 0 Å². The van der Waals surface area contributed by atoms with Gasteiger partial charge in [0, 0.05) is 18.0 Å². The summed E-state index contributed by atoms with van der Waals surface area (Å²) in [5.74, 6) is -0.209. The highest BCUT2D eigenvalue weighted by atomic mass is 16.5. The number of nitrogens with one attached hydrogen (secondary N) is 2. The van der Waals surface area contributed by atoms with Gasteiger partial charge in [0.25, 0.3) is 0 Å². The number of ether oxygens (including phenoxy) is 1. The van der Waals surface area contributed by atoms with Crippen LogP contribution in [0.2, 0.25) is 0 Å². The maximum absolute atomic E-state index is 11.4. The van der Waals surface area contributed by atoms with Gasteiger partial charge in [-0.05, 0) is 30.7 Å². The number of carbonyl (C=O) groups excluding carboxylic acids is 2. The fraction of sp³-hybridized carbons (Fsp3) is 0.333. The van der Waals surface area contributed by atoms with Crippen molar-refractivity contribution in [3.63, 3.8) is 0 Å². The fourth-order valence-corrected chi connectivity index (χ4v) is 1.29. The number of amides is 3. The molecule has 0 heterocycles. The number of hydrogen-bond donors (Lipinski definition) is 3. The third-order valence-corrected chi connectivity index (χ3v) is 2.02. The Morgan fingerprint density at radius 3 is 2.22 bits per heavy atom. The average molecular weight is 251 g/mol. The number of nitrogens with two attached hydrogens (primary N) is 1. The maximum Gasteiger partial charge on any atom is 0.316 e. The zero-order valence-electron chi connectivity index (χ0n) is 10.2. The zero-order chi connectivity index (χ0) is 13.4. The van der Waals surface area contributed by atoms with Crippen LogP contribution < -0.4 is 16.4 Å². The molecule has 1 rings (SSSR count). The van der Waals surface area contributed by atoms with Crippen molar-refractivity contribution >= 4 is 23.3 Å². The lowest BCUT2D eigenvalue weighted by Crippen LogP contribution is -2.20. The van der Waals surface area contributed by atoms with Crippen LogP contribution in [0.4, 0.5) is 16.2 Å². The first-order valence-corrected chi connectivity index (χ1v) is 5.66. The van der Waals surface area contributed by atoms with Crippen LogP contribution in [0.3, 0.4) is 0 Å². The molecule has 0 bridgehead atoms. The minimum atomic E-state index is -0.625. The van der Waals surface area contributed by atoms with Crippen molar-refractivity contribution in [1.29, 1.82) is 0 Å². The molecule has 1 aromatic rings. The number of primary amides is 1. The summed E-state index contributed by atoms with van der Waals surface area (Å²) < 4.78 is 5.11. The van der Waals surface area contributed by atoms with Crippen molar-refractivity contribution in [3.8, 4) is 0 Å². The standard InChI is InChI=1S/C12H17N3O3/c1-2-7-18-8-11(16)14-9-3-5-10(6-4-9)15-12(13)17/h3-6H,2,7-8H2,1H3,(H,14,16)(H3,13,15,17). The molecular formula is C12H17N3O3. The number of anilines is 2. The lowest BCUT2D eigenvalue weighted by Gasteiger charge is -2.07. The SMILES string of the molecule is CCCOCC(=O)Nc1ccc(NC(N)=O)cc1.